The lowest BCUT2D eigenvalue weighted by Crippen LogP contribution is -1.81. The number of aromatic nitrogens is 1. The van der Waals surface area contributed by atoms with Crippen molar-refractivity contribution in [2.24, 2.45) is 0 Å². The second-order valence-corrected chi connectivity index (χ2v) is 3.94. The van der Waals surface area contributed by atoms with E-state index in [1.54, 1.807) is 0 Å². The van der Waals surface area contributed by atoms with Crippen LogP contribution in [0.4, 0.5) is 0 Å². The number of pyridine rings is 1. The molecule has 0 unspecified atom stereocenters. The minimum absolute atomic E-state index is 0.998. The van der Waals surface area contributed by atoms with Gasteiger partial charge in [-0.2, -0.15) is 0 Å². The smallest absolute Gasteiger partial charge is 0.0804 e. The Balaban J connectivity index is 2.99. The zero-order valence-corrected chi connectivity index (χ0v) is 9.06. The third-order valence-corrected chi connectivity index (χ3v) is 3.53. The van der Waals surface area contributed by atoms with Crippen LogP contribution in [0.2, 0.25) is 0 Å². The quantitative estimate of drug-likeness (QED) is 0.676. The van der Waals surface area contributed by atoms with E-state index in [2.05, 4.69) is 45.9 Å². The summed E-state index contributed by atoms with van der Waals surface area (Å²) >= 11 is 7.95. The average molecular weight is 242 g/mol. The number of halogens is 1. The van der Waals surface area contributed by atoms with E-state index in [0.717, 1.165) is 9.50 Å². The molecule has 0 fully saturated rings. The first-order valence-corrected chi connectivity index (χ1v) is 4.90. The molecule has 0 amide bonds. The van der Waals surface area contributed by atoms with E-state index in [-0.39, 0.29) is 0 Å². The predicted octanol–water partition coefficient (Wildman–Crippen LogP) is 3.30. The van der Waals surface area contributed by atoms with Gasteiger partial charge in [-0.05, 0) is 40.5 Å². The van der Waals surface area contributed by atoms with E-state index in [1.165, 1.54) is 11.1 Å². The van der Waals surface area contributed by atoms with E-state index in [1.807, 2.05) is 18.3 Å². The Kier molecular flexibility index (Phi) is 1.93. The van der Waals surface area contributed by atoms with Gasteiger partial charge in [-0.3, -0.25) is 0 Å². The molecule has 0 saturated heterocycles. The van der Waals surface area contributed by atoms with Crippen molar-refractivity contribution in [2.75, 3.05) is 0 Å². The fourth-order valence-electron chi connectivity index (χ4n) is 1.28. The van der Waals surface area contributed by atoms with Gasteiger partial charge in [-0.15, -0.1) is 12.6 Å². The Bertz CT molecular complexity index is 394. The number of rotatable bonds is 0. The number of hydrogen-bond donors (Lipinski definition) is 1. The molecular weight excluding hydrogens is 234 g/mol. The van der Waals surface area contributed by atoms with Gasteiger partial charge in [0.15, 0.2) is 0 Å². The molecule has 0 aliphatic heterocycles. The van der Waals surface area contributed by atoms with E-state index in [9.17, 15) is 0 Å². The maximum absolute atomic E-state index is 4.42. The zero-order valence-electron chi connectivity index (χ0n) is 6.58. The molecule has 62 valence electrons. The number of hydrogen-bond acceptors (Lipinski definition) is 1. The van der Waals surface area contributed by atoms with Crippen molar-refractivity contribution in [1.29, 1.82) is 0 Å². The van der Waals surface area contributed by atoms with Crippen LogP contribution in [0, 0.1) is 6.92 Å². The van der Waals surface area contributed by atoms with Gasteiger partial charge in [-0.25, -0.2) is 0 Å². The van der Waals surface area contributed by atoms with Crippen molar-refractivity contribution >= 4 is 34.1 Å². The summed E-state index contributed by atoms with van der Waals surface area (Å²) in [6.45, 7) is 2.05. The molecular formula is C9H8BrNS. The lowest BCUT2D eigenvalue weighted by Gasteiger charge is -1.94. The highest BCUT2D eigenvalue weighted by Crippen LogP contribution is 2.29. The molecule has 0 aromatic carbocycles. The minimum atomic E-state index is 0.998. The summed E-state index contributed by atoms with van der Waals surface area (Å²) in [6, 6.07) is 6.09. The summed E-state index contributed by atoms with van der Waals surface area (Å²) < 4.78 is 3.19. The number of fused-ring (bicyclic) bond motifs is 1. The molecule has 0 N–H and O–H groups in total. The first-order valence-electron chi connectivity index (χ1n) is 3.66. The van der Waals surface area contributed by atoms with Crippen LogP contribution in [-0.4, -0.2) is 4.40 Å². The number of thiol groups is 1. The van der Waals surface area contributed by atoms with Gasteiger partial charge in [0.1, 0.15) is 0 Å². The minimum Gasteiger partial charge on any atom is -0.310 e. The molecule has 0 aliphatic carbocycles. The maximum atomic E-state index is 4.42. The second kappa shape index (κ2) is 2.82. The first kappa shape index (κ1) is 8.20. The van der Waals surface area contributed by atoms with Gasteiger partial charge < -0.3 is 4.40 Å². The van der Waals surface area contributed by atoms with E-state index in [0.29, 0.717) is 0 Å². The molecule has 0 atom stereocenters. The van der Waals surface area contributed by atoms with Crippen LogP contribution in [0.25, 0.3) is 5.52 Å². The largest absolute Gasteiger partial charge is 0.310 e. The Labute approximate surface area is 84.9 Å². The molecule has 2 heterocycles. The van der Waals surface area contributed by atoms with Gasteiger partial charge in [0.25, 0.3) is 0 Å². The monoisotopic (exact) mass is 241 g/mol. The standard InChI is InChI=1S/C9H8BrNS/c1-6-8(10)7-4-2-3-5-11(7)9(6)12/h2-5,12H,1H3. The SMILES string of the molecule is Cc1c(Br)c2ccccn2c1S. The van der Waals surface area contributed by atoms with Crippen LogP contribution < -0.4 is 0 Å². The summed E-state index contributed by atoms with van der Waals surface area (Å²) in [4.78, 5) is 0. The molecule has 0 spiro atoms. The lowest BCUT2D eigenvalue weighted by molar-refractivity contribution is 1.03. The number of nitrogens with zero attached hydrogens (tertiary/aromatic N) is 1. The molecule has 1 nitrogen and oxygen atoms in total. The Morgan fingerprint density at radius 3 is 2.83 bits per heavy atom. The lowest BCUT2D eigenvalue weighted by atomic mass is 10.3. The molecule has 3 heteroatoms. The molecule has 0 bridgehead atoms. The van der Waals surface area contributed by atoms with Crippen molar-refractivity contribution < 1.29 is 0 Å². The molecule has 0 radical (unpaired) electrons. The average Bonchev–Trinajstić information content (AvgIpc) is 2.33. The van der Waals surface area contributed by atoms with Crippen molar-refractivity contribution in [3.8, 4) is 0 Å². The third-order valence-electron chi connectivity index (χ3n) is 1.98. The highest BCUT2D eigenvalue weighted by Gasteiger charge is 2.08. The zero-order chi connectivity index (χ0) is 8.72. The van der Waals surface area contributed by atoms with Crippen molar-refractivity contribution in [3.05, 3.63) is 34.4 Å². The van der Waals surface area contributed by atoms with Crippen molar-refractivity contribution in [3.63, 3.8) is 0 Å². The van der Waals surface area contributed by atoms with E-state index < -0.39 is 0 Å². The van der Waals surface area contributed by atoms with Crippen LogP contribution in [0.15, 0.2) is 33.9 Å². The van der Waals surface area contributed by atoms with Gasteiger partial charge >= 0.3 is 0 Å². The van der Waals surface area contributed by atoms with Gasteiger partial charge in [-0.1, -0.05) is 6.07 Å². The van der Waals surface area contributed by atoms with Gasteiger partial charge in [0.2, 0.25) is 0 Å². The maximum Gasteiger partial charge on any atom is 0.0804 e. The molecule has 0 saturated carbocycles. The van der Waals surface area contributed by atoms with E-state index >= 15 is 0 Å². The Hall–Kier alpha value is -0.410. The molecule has 2 rings (SSSR count). The molecule has 0 aliphatic rings. The first-order chi connectivity index (χ1) is 5.72. The van der Waals surface area contributed by atoms with E-state index in [4.69, 9.17) is 0 Å². The van der Waals surface area contributed by atoms with Crippen molar-refractivity contribution in [2.45, 2.75) is 11.9 Å². The molecule has 2 aromatic heterocycles. The summed E-state index contributed by atoms with van der Waals surface area (Å²) in [5.74, 6) is 0. The fraction of sp³-hybridized carbons (Fsp3) is 0.111. The van der Waals surface area contributed by atoms with Crippen molar-refractivity contribution in [1.82, 2.24) is 4.40 Å². The van der Waals surface area contributed by atoms with Gasteiger partial charge in [0.05, 0.1) is 10.5 Å². The summed E-state index contributed by atoms with van der Waals surface area (Å²) in [5, 5.41) is 0.998. The van der Waals surface area contributed by atoms with Crippen LogP contribution in [-0.2, 0) is 0 Å². The normalized spacial score (nSPS) is 10.9. The summed E-state index contributed by atoms with van der Waals surface area (Å²) in [5.41, 5.74) is 2.35. The Morgan fingerprint density at radius 1 is 1.42 bits per heavy atom. The topological polar surface area (TPSA) is 4.41 Å². The van der Waals surface area contributed by atoms with Crippen LogP contribution in [0.5, 0.6) is 0 Å². The van der Waals surface area contributed by atoms with Crippen LogP contribution in [0.1, 0.15) is 5.56 Å². The highest BCUT2D eigenvalue weighted by molar-refractivity contribution is 9.10. The second-order valence-electron chi connectivity index (χ2n) is 2.72. The summed E-state index contributed by atoms with van der Waals surface area (Å²) in [7, 11) is 0. The molecule has 2 aromatic rings. The predicted molar refractivity (Wildman–Crippen MR) is 57.1 cm³/mol. The van der Waals surface area contributed by atoms with Crippen LogP contribution >= 0.6 is 28.6 Å². The Morgan fingerprint density at radius 2 is 2.17 bits per heavy atom. The fourth-order valence-corrected chi connectivity index (χ4v) is 2.23. The summed E-state index contributed by atoms with van der Waals surface area (Å²) in [6.07, 6.45) is 2.01. The van der Waals surface area contributed by atoms with Crippen LogP contribution in [0.3, 0.4) is 0 Å². The molecule has 12 heavy (non-hydrogen) atoms. The van der Waals surface area contributed by atoms with Gasteiger partial charge in [0, 0.05) is 10.7 Å². The highest BCUT2D eigenvalue weighted by atomic mass is 79.9. The third kappa shape index (κ3) is 1.00.